The topological polar surface area (TPSA) is 9.23 Å². The molecular weight excluding hydrogens is 240 g/mol. The van der Waals surface area contributed by atoms with E-state index < -0.39 is 0 Å². The van der Waals surface area contributed by atoms with Crippen molar-refractivity contribution in [3.8, 4) is 0 Å². The van der Waals surface area contributed by atoms with E-state index in [2.05, 4.69) is 41.6 Å². The zero-order valence-electron chi connectivity index (χ0n) is 8.84. The molecular formula is C12H19BrO. The molecule has 1 aliphatic heterocycles. The second-order valence-electron chi connectivity index (χ2n) is 4.09. The molecule has 14 heavy (non-hydrogen) atoms. The number of hydrogen-bond donors (Lipinski definition) is 0. The van der Waals surface area contributed by atoms with Crippen LogP contribution in [0.3, 0.4) is 0 Å². The minimum atomic E-state index is 0.429. The fraction of sp³-hybridized carbons (Fsp3) is 0.667. The van der Waals surface area contributed by atoms with E-state index >= 15 is 0 Å². The lowest BCUT2D eigenvalue weighted by Crippen LogP contribution is -2.19. The van der Waals surface area contributed by atoms with E-state index in [-0.39, 0.29) is 0 Å². The molecule has 0 aliphatic carbocycles. The van der Waals surface area contributed by atoms with Gasteiger partial charge in [0, 0.05) is 5.33 Å². The molecule has 1 heterocycles. The molecule has 2 atom stereocenters. The van der Waals surface area contributed by atoms with Gasteiger partial charge in [-0.1, -0.05) is 47.2 Å². The Bertz CT molecular complexity index is 210. The molecule has 0 amide bonds. The Morgan fingerprint density at radius 1 is 1.64 bits per heavy atom. The van der Waals surface area contributed by atoms with Crippen LogP contribution in [0.2, 0.25) is 0 Å². The van der Waals surface area contributed by atoms with Gasteiger partial charge >= 0.3 is 0 Å². The van der Waals surface area contributed by atoms with Gasteiger partial charge < -0.3 is 4.74 Å². The van der Waals surface area contributed by atoms with Crippen molar-refractivity contribution in [1.82, 2.24) is 0 Å². The van der Waals surface area contributed by atoms with Crippen LogP contribution >= 0.6 is 15.9 Å². The molecule has 0 fully saturated rings. The number of alkyl halides is 1. The molecule has 0 aromatic carbocycles. The molecule has 1 rings (SSSR count). The molecule has 0 aromatic heterocycles. The minimum absolute atomic E-state index is 0.429. The Kier molecular flexibility index (Phi) is 5.49. The maximum atomic E-state index is 5.64. The normalized spacial score (nSPS) is 23.4. The van der Waals surface area contributed by atoms with E-state index in [9.17, 15) is 0 Å². The third-order valence-electron chi connectivity index (χ3n) is 2.49. The van der Waals surface area contributed by atoms with Gasteiger partial charge in [-0.05, 0) is 25.2 Å². The fourth-order valence-corrected chi connectivity index (χ4v) is 2.05. The lowest BCUT2D eigenvalue weighted by Gasteiger charge is -2.22. The molecule has 0 saturated carbocycles. The number of rotatable bonds is 5. The summed E-state index contributed by atoms with van der Waals surface area (Å²) in [6.45, 7) is 7.07. The summed E-state index contributed by atoms with van der Waals surface area (Å²) in [7, 11) is 0. The van der Waals surface area contributed by atoms with Crippen LogP contribution in [0, 0.1) is 5.92 Å². The Morgan fingerprint density at radius 3 is 3.00 bits per heavy atom. The van der Waals surface area contributed by atoms with Crippen molar-refractivity contribution < 1.29 is 4.74 Å². The second kappa shape index (κ2) is 6.41. The largest absolute Gasteiger partial charge is 0.374 e. The molecule has 0 unspecified atom stereocenters. The summed E-state index contributed by atoms with van der Waals surface area (Å²) in [5.74, 6) is 0.677. The summed E-state index contributed by atoms with van der Waals surface area (Å²) in [6, 6.07) is 0. The molecule has 0 radical (unpaired) electrons. The van der Waals surface area contributed by atoms with Gasteiger partial charge in [0.2, 0.25) is 0 Å². The monoisotopic (exact) mass is 258 g/mol. The van der Waals surface area contributed by atoms with Gasteiger partial charge in [0.25, 0.3) is 0 Å². The molecule has 0 saturated heterocycles. The van der Waals surface area contributed by atoms with Crippen LogP contribution in [0.5, 0.6) is 0 Å². The summed E-state index contributed by atoms with van der Waals surface area (Å²) in [5.41, 5.74) is 1.28. The molecule has 0 N–H and O–H groups in total. The maximum absolute atomic E-state index is 5.64. The SMILES string of the molecule is C=C(CBr)C[C@H](C)C[C@@H]1CC=CCO1. The van der Waals surface area contributed by atoms with E-state index in [0.717, 1.165) is 31.2 Å². The highest BCUT2D eigenvalue weighted by molar-refractivity contribution is 9.09. The van der Waals surface area contributed by atoms with E-state index in [4.69, 9.17) is 4.74 Å². The van der Waals surface area contributed by atoms with E-state index in [1.807, 2.05) is 0 Å². The van der Waals surface area contributed by atoms with Crippen LogP contribution in [-0.4, -0.2) is 18.0 Å². The van der Waals surface area contributed by atoms with Gasteiger partial charge in [0.1, 0.15) is 0 Å². The van der Waals surface area contributed by atoms with Gasteiger partial charge in [-0.25, -0.2) is 0 Å². The van der Waals surface area contributed by atoms with E-state index in [1.165, 1.54) is 5.57 Å². The standard InChI is InChI=1S/C12H19BrO/c1-10(7-11(2)9-13)8-12-5-3-4-6-14-12/h3-4,10,12H,2,5-9H2,1H3/t10-,12-/m0/s1. The summed E-state index contributed by atoms with van der Waals surface area (Å²) in [4.78, 5) is 0. The molecule has 1 nitrogen and oxygen atoms in total. The first-order chi connectivity index (χ1) is 6.72. The van der Waals surface area contributed by atoms with Crippen molar-refractivity contribution in [2.75, 3.05) is 11.9 Å². The summed E-state index contributed by atoms with van der Waals surface area (Å²) in [6.07, 6.45) is 8.08. The average Bonchev–Trinajstić information content (AvgIpc) is 2.19. The summed E-state index contributed by atoms with van der Waals surface area (Å²) >= 11 is 3.43. The molecule has 2 heteroatoms. The Balaban J connectivity index is 2.22. The van der Waals surface area contributed by atoms with Gasteiger partial charge in [0.05, 0.1) is 12.7 Å². The number of allylic oxidation sites excluding steroid dienone is 1. The lowest BCUT2D eigenvalue weighted by atomic mass is 9.95. The summed E-state index contributed by atoms with van der Waals surface area (Å²) in [5, 5.41) is 0.919. The highest BCUT2D eigenvalue weighted by Crippen LogP contribution is 2.21. The van der Waals surface area contributed by atoms with E-state index in [1.54, 1.807) is 0 Å². The van der Waals surface area contributed by atoms with E-state index in [0.29, 0.717) is 12.0 Å². The van der Waals surface area contributed by atoms with Gasteiger partial charge in [0.15, 0.2) is 0 Å². The minimum Gasteiger partial charge on any atom is -0.374 e. The lowest BCUT2D eigenvalue weighted by molar-refractivity contribution is 0.0510. The quantitative estimate of drug-likeness (QED) is 0.540. The van der Waals surface area contributed by atoms with Crippen LogP contribution < -0.4 is 0 Å². The summed E-state index contributed by atoms with van der Waals surface area (Å²) < 4.78 is 5.64. The first kappa shape index (κ1) is 12.0. The predicted molar refractivity (Wildman–Crippen MR) is 64.8 cm³/mol. The van der Waals surface area contributed by atoms with Crippen molar-refractivity contribution in [2.24, 2.45) is 5.92 Å². The first-order valence-corrected chi connectivity index (χ1v) is 6.33. The van der Waals surface area contributed by atoms with Crippen LogP contribution in [0.25, 0.3) is 0 Å². The molecule has 80 valence electrons. The smallest absolute Gasteiger partial charge is 0.0651 e. The first-order valence-electron chi connectivity index (χ1n) is 5.21. The second-order valence-corrected chi connectivity index (χ2v) is 4.65. The number of halogens is 1. The zero-order valence-corrected chi connectivity index (χ0v) is 10.4. The van der Waals surface area contributed by atoms with Crippen molar-refractivity contribution in [3.63, 3.8) is 0 Å². The average molecular weight is 259 g/mol. The highest BCUT2D eigenvalue weighted by Gasteiger charge is 2.14. The highest BCUT2D eigenvalue weighted by atomic mass is 79.9. The Hall–Kier alpha value is -0.0800. The van der Waals surface area contributed by atoms with Crippen LogP contribution in [0.1, 0.15) is 26.2 Å². The third kappa shape index (κ3) is 4.43. The molecule has 0 spiro atoms. The van der Waals surface area contributed by atoms with Gasteiger partial charge in [-0.3, -0.25) is 0 Å². The van der Waals surface area contributed by atoms with Gasteiger partial charge in [-0.15, -0.1) is 0 Å². The third-order valence-corrected chi connectivity index (χ3v) is 3.28. The Morgan fingerprint density at radius 2 is 2.43 bits per heavy atom. The maximum Gasteiger partial charge on any atom is 0.0651 e. The molecule has 0 bridgehead atoms. The van der Waals surface area contributed by atoms with Crippen LogP contribution in [0.15, 0.2) is 24.3 Å². The van der Waals surface area contributed by atoms with Crippen molar-refractivity contribution in [2.45, 2.75) is 32.3 Å². The fourth-order valence-electron chi connectivity index (χ4n) is 1.82. The Labute approximate surface area is 95.3 Å². The van der Waals surface area contributed by atoms with Crippen LogP contribution in [0.4, 0.5) is 0 Å². The molecule has 0 aromatic rings. The number of ether oxygens (including phenoxy) is 1. The number of hydrogen-bond acceptors (Lipinski definition) is 1. The van der Waals surface area contributed by atoms with Crippen molar-refractivity contribution >= 4 is 15.9 Å². The zero-order chi connectivity index (χ0) is 10.4. The van der Waals surface area contributed by atoms with Crippen molar-refractivity contribution in [1.29, 1.82) is 0 Å². The van der Waals surface area contributed by atoms with Crippen LogP contribution in [-0.2, 0) is 4.74 Å². The predicted octanol–water partition coefficient (Wildman–Crippen LogP) is 3.70. The van der Waals surface area contributed by atoms with Crippen molar-refractivity contribution in [3.05, 3.63) is 24.3 Å². The van der Waals surface area contributed by atoms with Gasteiger partial charge in [-0.2, -0.15) is 0 Å². The molecule has 1 aliphatic rings.